The molecule has 0 saturated heterocycles. The van der Waals surface area contributed by atoms with Crippen molar-refractivity contribution in [3.63, 3.8) is 0 Å². The molecule has 0 spiro atoms. The first kappa shape index (κ1) is 16.3. The second-order valence-electron chi connectivity index (χ2n) is 5.21. The predicted molar refractivity (Wildman–Crippen MR) is 84.1 cm³/mol. The Balaban J connectivity index is 2.19. The summed E-state index contributed by atoms with van der Waals surface area (Å²) in [6.07, 6.45) is 4.65. The van der Waals surface area contributed by atoms with E-state index in [-0.39, 0.29) is 5.91 Å². The normalized spacial score (nSPS) is 17.8. The van der Waals surface area contributed by atoms with E-state index in [0.29, 0.717) is 23.5 Å². The number of hydrogen-bond donors (Lipinski definition) is 2. The van der Waals surface area contributed by atoms with Crippen molar-refractivity contribution in [2.75, 3.05) is 7.11 Å². The molecule has 1 aromatic rings. The first-order valence-electron chi connectivity index (χ1n) is 6.88. The molecular formula is C14H18BrNO4S. The standard InChI is InChI=1S/C14H18BrNO4S/c1-20-9-8-10(21-11(9)15)12(17)16-14(13(18)19)6-4-2-3-5-7-14/h8H,2-7H2,1H3,(H,16,17)(H,18,19). The molecular weight excluding hydrogens is 358 g/mol. The summed E-state index contributed by atoms with van der Waals surface area (Å²) >= 11 is 4.56. The number of carbonyl (C=O) groups is 2. The van der Waals surface area contributed by atoms with Gasteiger partial charge in [-0.25, -0.2) is 4.79 Å². The number of hydrogen-bond acceptors (Lipinski definition) is 4. The Labute approximate surface area is 135 Å². The Kier molecular flexibility index (Phi) is 5.27. The van der Waals surface area contributed by atoms with E-state index in [1.807, 2.05) is 0 Å². The fourth-order valence-electron chi connectivity index (χ4n) is 2.61. The van der Waals surface area contributed by atoms with E-state index in [4.69, 9.17) is 4.74 Å². The Morgan fingerprint density at radius 2 is 1.95 bits per heavy atom. The predicted octanol–water partition coefficient (Wildman–Crippen LogP) is 3.43. The first-order valence-corrected chi connectivity index (χ1v) is 8.49. The van der Waals surface area contributed by atoms with Gasteiger partial charge in [0, 0.05) is 6.07 Å². The molecule has 0 aromatic carbocycles. The lowest BCUT2D eigenvalue weighted by atomic mass is 9.90. The van der Waals surface area contributed by atoms with Crippen molar-refractivity contribution in [2.45, 2.75) is 44.1 Å². The molecule has 1 aromatic heterocycles. The third-order valence-electron chi connectivity index (χ3n) is 3.82. The van der Waals surface area contributed by atoms with E-state index < -0.39 is 11.5 Å². The van der Waals surface area contributed by atoms with Gasteiger partial charge in [0.1, 0.15) is 15.1 Å². The van der Waals surface area contributed by atoms with Gasteiger partial charge in [-0.3, -0.25) is 4.79 Å². The molecule has 0 atom stereocenters. The molecule has 0 unspecified atom stereocenters. The number of amides is 1. The topological polar surface area (TPSA) is 75.6 Å². The van der Waals surface area contributed by atoms with Crippen LogP contribution in [0.5, 0.6) is 5.75 Å². The second-order valence-corrected chi connectivity index (χ2v) is 7.58. The zero-order chi connectivity index (χ0) is 15.5. The number of halogens is 1. The molecule has 1 fully saturated rings. The smallest absolute Gasteiger partial charge is 0.329 e. The monoisotopic (exact) mass is 375 g/mol. The molecule has 2 N–H and O–H groups in total. The number of thiophene rings is 1. The summed E-state index contributed by atoms with van der Waals surface area (Å²) < 4.78 is 5.85. The molecule has 5 nitrogen and oxygen atoms in total. The molecule has 116 valence electrons. The molecule has 2 rings (SSSR count). The zero-order valence-electron chi connectivity index (χ0n) is 11.8. The van der Waals surface area contributed by atoms with E-state index in [2.05, 4.69) is 21.2 Å². The van der Waals surface area contributed by atoms with Gasteiger partial charge < -0.3 is 15.2 Å². The van der Waals surface area contributed by atoms with Crippen LogP contribution < -0.4 is 10.1 Å². The minimum absolute atomic E-state index is 0.353. The SMILES string of the molecule is COc1cc(C(=O)NC2(C(=O)O)CCCCCC2)sc1Br. The van der Waals surface area contributed by atoms with E-state index in [1.165, 1.54) is 18.4 Å². The van der Waals surface area contributed by atoms with Gasteiger partial charge in [0.25, 0.3) is 5.91 Å². The Morgan fingerprint density at radius 3 is 2.43 bits per heavy atom. The number of carboxylic acids is 1. The van der Waals surface area contributed by atoms with Gasteiger partial charge in [-0.15, -0.1) is 11.3 Å². The zero-order valence-corrected chi connectivity index (χ0v) is 14.2. The Bertz CT molecular complexity index is 535. The van der Waals surface area contributed by atoms with Gasteiger partial charge in [-0.1, -0.05) is 25.7 Å². The van der Waals surface area contributed by atoms with Crippen LogP contribution >= 0.6 is 27.3 Å². The van der Waals surface area contributed by atoms with Crippen LogP contribution in [-0.4, -0.2) is 29.6 Å². The van der Waals surface area contributed by atoms with Crippen LogP contribution in [-0.2, 0) is 4.79 Å². The van der Waals surface area contributed by atoms with Crippen molar-refractivity contribution in [2.24, 2.45) is 0 Å². The lowest BCUT2D eigenvalue weighted by Crippen LogP contribution is -2.54. The van der Waals surface area contributed by atoms with Crippen molar-refractivity contribution in [3.8, 4) is 5.75 Å². The largest absolute Gasteiger partial charge is 0.495 e. The van der Waals surface area contributed by atoms with Crippen molar-refractivity contribution < 1.29 is 19.4 Å². The number of carbonyl (C=O) groups excluding carboxylic acids is 1. The summed E-state index contributed by atoms with van der Waals surface area (Å²) in [5, 5.41) is 12.3. The van der Waals surface area contributed by atoms with Crippen molar-refractivity contribution in [1.82, 2.24) is 5.32 Å². The van der Waals surface area contributed by atoms with Crippen LogP contribution in [0.2, 0.25) is 0 Å². The number of carboxylic acid groups (broad SMARTS) is 1. The number of rotatable bonds is 4. The van der Waals surface area contributed by atoms with Gasteiger partial charge >= 0.3 is 5.97 Å². The summed E-state index contributed by atoms with van der Waals surface area (Å²) in [5.74, 6) is -0.718. The van der Waals surface area contributed by atoms with Gasteiger partial charge in [-0.2, -0.15) is 0 Å². The average Bonchev–Trinajstić information content (AvgIpc) is 2.67. The summed E-state index contributed by atoms with van der Waals surface area (Å²) in [5.41, 5.74) is -1.14. The number of methoxy groups -OCH3 is 1. The van der Waals surface area contributed by atoms with Crippen LogP contribution in [0.1, 0.15) is 48.2 Å². The third-order valence-corrected chi connectivity index (χ3v) is 5.60. The molecule has 1 aliphatic carbocycles. The van der Waals surface area contributed by atoms with Crippen molar-refractivity contribution >= 4 is 39.1 Å². The van der Waals surface area contributed by atoms with Crippen molar-refractivity contribution in [1.29, 1.82) is 0 Å². The van der Waals surface area contributed by atoms with E-state index in [0.717, 1.165) is 29.5 Å². The highest BCUT2D eigenvalue weighted by molar-refractivity contribution is 9.11. The van der Waals surface area contributed by atoms with E-state index >= 15 is 0 Å². The highest BCUT2D eigenvalue weighted by atomic mass is 79.9. The molecule has 1 saturated carbocycles. The van der Waals surface area contributed by atoms with Gasteiger partial charge in [0.05, 0.1) is 12.0 Å². The molecule has 0 radical (unpaired) electrons. The Morgan fingerprint density at radius 1 is 1.33 bits per heavy atom. The minimum atomic E-state index is -1.14. The fourth-order valence-corrected chi connectivity index (χ4v) is 4.15. The number of ether oxygens (including phenoxy) is 1. The summed E-state index contributed by atoms with van der Waals surface area (Å²) in [6.45, 7) is 0. The third kappa shape index (κ3) is 3.58. The lowest BCUT2D eigenvalue weighted by Gasteiger charge is -2.29. The van der Waals surface area contributed by atoms with Crippen LogP contribution in [0.4, 0.5) is 0 Å². The molecule has 1 amide bonds. The van der Waals surface area contributed by atoms with Crippen LogP contribution in [0.3, 0.4) is 0 Å². The molecule has 1 aliphatic rings. The van der Waals surface area contributed by atoms with Crippen molar-refractivity contribution in [3.05, 3.63) is 14.7 Å². The number of nitrogens with one attached hydrogen (secondary N) is 1. The van der Waals surface area contributed by atoms with Gasteiger partial charge in [-0.05, 0) is 28.8 Å². The summed E-state index contributed by atoms with van der Waals surface area (Å²) in [4.78, 5) is 24.5. The molecule has 7 heteroatoms. The second kappa shape index (κ2) is 6.79. The minimum Gasteiger partial charge on any atom is -0.495 e. The first-order chi connectivity index (χ1) is 9.98. The molecule has 21 heavy (non-hydrogen) atoms. The summed E-state index contributed by atoms with van der Waals surface area (Å²) in [6, 6.07) is 1.62. The highest BCUT2D eigenvalue weighted by Crippen LogP contribution is 2.35. The number of aliphatic carboxylic acids is 1. The van der Waals surface area contributed by atoms with Gasteiger partial charge in [0.15, 0.2) is 0 Å². The van der Waals surface area contributed by atoms with E-state index in [9.17, 15) is 14.7 Å². The molecule has 0 bridgehead atoms. The van der Waals surface area contributed by atoms with Crippen LogP contribution in [0, 0.1) is 0 Å². The van der Waals surface area contributed by atoms with Gasteiger partial charge in [0.2, 0.25) is 0 Å². The van der Waals surface area contributed by atoms with Crippen LogP contribution in [0.25, 0.3) is 0 Å². The average molecular weight is 376 g/mol. The fraction of sp³-hybridized carbons (Fsp3) is 0.571. The molecule has 0 aliphatic heterocycles. The maximum absolute atomic E-state index is 12.4. The maximum atomic E-state index is 12.4. The lowest BCUT2D eigenvalue weighted by molar-refractivity contribution is -0.145. The highest BCUT2D eigenvalue weighted by Gasteiger charge is 2.40. The van der Waals surface area contributed by atoms with Crippen LogP contribution in [0.15, 0.2) is 9.85 Å². The maximum Gasteiger partial charge on any atom is 0.329 e. The summed E-state index contributed by atoms with van der Waals surface area (Å²) in [7, 11) is 1.53. The van der Waals surface area contributed by atoms with E-state index in [1.54, 1.807) is 6.07 Å². The quantitative estimate of drug-likeness (QED) is 0.790. The Hall–Kier alpha value is -1.08. The molecule has 1 heterocycles.